The fourth-order valence-corrected chi connectivity index (χ4v) is 8.08. The summed E-state index contributed by atoms with van der Waals surface area (Å²) >= 11 is 28.6. The first kappa shape index (κ1) is 68.8. The maximum absolute atomic E-state index is 12.8. The van der Waals surface area contributed by atoms with Crippen LogP contribution in [0.15, 0.2) is 78.9 Å². The third kappa shape index (κ3) is 21.1. The molecule has 442 valence electrons. The smallest absolute Gasteiger partial charge is 0.416 e. The fourth-order valence-electron chi connectivity index (χ4n) is 7.36. The van der Waals surface area contributed by atoms with E-state index in [1.165, 1.54) is 6.92 Å². The van der Waals surface area contributed by atoms with Crippen LogP contribution in [-0.2, 0) is 41.2 Å². The first-order valence-electron chi connectivity index (χ1n) is 24.9. The molecule has 0 aliphatic carbocycles. The second-order valence-electron chi connectivity index (χ2n) is 18.4. The van der Waals surface area contributed by atoms with Gasteiger partial charge in [0.25, 0.3) is 11.6 Å². The summed E-state index contributed by atoms with van der Waals surface area (Å²) in [6.07, 6.45) is -5.06. The van der Waals surface area contributed by atoms with Crippen LogP contribution in [0.5, 0.6) is 17.2 Å². The molecule has 81 heavy (non-hydrogen) atoms. The molecule has 4 aromatic carbocycles. The highest BCUT2D eigenvalue weighted by Crippen LogP contribution is 2.38. The van der Waals surface area contributed by atoms with Crippen molar-refractivity contribution in [1.29, 1.82) is 0 Å². The van der Waals surface area contributed by atoms with Crippen LogP contribution in [0, 0.1) is 17.0 Å². The van der Waals surface area contributed by atoms with Gasteiger partial charge in [0.2, 0.25) is 23.1 Å². The number of aromatic nitrogens is 3. The van der Waals surface area contributed by atoms with Gasteiger partial charge >= 0.3 is 18.1 Å². The number of rotatable bonds is 17. The van der Waals surface area contributed by atoms with Crippen molar-refractivity contribution in [2.24, 2.45) is 0 Å². The van der Waals surface area contributed by atoms with Crippen LogP contribution in [0.2, 0.25) is 10.3 Å². The largest absolute Gasteiger partial charge is 0.489 e. The average Bonchev–Trinajstić information content (AvgIpc) is 3.40. The number of aryl methyl sites for hydroxylation is 2. The standard InChI is InChI=1S/C19H15ClF3NO7.C15H22ClNO2.C11H11Cl2NO2.C9H16ClN5/c1-3-29-17(25)10(2)30-18(26)13-9-12(5-6-15(13)24(27)28)31-16-7-4-11(8-14(16)20)19(21,22)23;1-5-13-8-6-7-11(2)15(13)17(14(18)9-16)12(3)10-19-4;1-7-6-16-9-5-3-2-4-8(9)14(7)11(15)10(12)13;1-5-11-7-12-6(10)13-8(14-7)15-9(2,3)4/h4-10H,3H2,1-2H3;6-8,12H,5,9-10H2,1-4H3;2-5,7,10H,6H2,1H3;5H2,1-4H3,(H2,11,12,13,14,15). The number of fused-ring (bicyclic) bond motifs is 1. The number of amides is 2. The number of anilines is 4. The highest BCUT2D eigenvalue weighted by atomic mass is 35.5. The van der Waals surface area contributed by atoms with Crippen molar-refractivity contribution in [3.63, 3.8) is 0 Å². The molecule has 0 fully saturated rings. The lowest BCUT2D eigenvalue weighted by Gasteiger charge is -2.35. The summed E-state index contributed by atoms with van der Waals surface area (Å²) in [6.45, 7) is 20.5. The number of nitro groups is 1. The second kappa shape index (κ2) is 32.3. The van der Waals surface area contributed by atoms with Crippen molar-refractivity contribution < 1.29 is 61.0 Å². The Morgan fingerprint density at radius 2 is 1.60 bits per heavy atom. The Bertz CT molecular complexity index is 2940. The molecule has 1 aliphatic rings. The van der Waals surface area contributed by atoms with Gasteiger partial charge in [0.15, 0.2) is 10.9 Å². The molecule has 27 heteroatoms. The molecular formula is C54H64Cl5F3N8O11. The number of hydrogen-bond acceptors (Lipinski definition) is 16. The molecule has 2 N–H and O–H groups in total. The molecule has 1 aliphatic heterocycles. The van der Waals surface area contributed by atoms with Crippen molar-refractivity contribution in [3.05, 3.63) is 122 Å². The first-order valence-corrected chi connectivity index (χ1v) is 27.1. The van der Waals surface area contributed by atoms with Crippen molar-refractivity contribution in [1.82, 2.24) is 15.0 Å². The molecule has 3 atom stereocenters. The predicted octanol–water partition coefficient (Wildman–Crippen LogP) is 13.1. The number of esters is 2. The normalized spacial score (nSPS) is 13.4. The van der Waals surface area contributed by atoms with E-state index in [4.69, 9.17) is 81.7 Å². The van der Waals surface area contributed by atoms with Crippen molar-refractivity contribution >= 4 is 111 Å². The van der Waals surface area contributed by atoms with Gasteiger partial charge in [-0.05, 0) is 128 Å². The Balaban J connectivity index is 0.000000298. The molecule has 3 unspecified atom stereocenters. The molecule has 2 heterocycles. The SMILES string of the molecule is CC1COc2ccccc2N1C(=O)C(Cl)Cl.CCNc1nc(Cl)nc(NC(C)(C)C)n1.CCOC(=O)C(C)OC(=O)c1cc(Oc2ccc(C(F)(F)F)cc2Cl)ccc1[N+](=O)[O-].CCc1cccc(C)c1N(C(=O)CCl)C(C)COC. The zero-order chi connectivity index (χ0) is 60.9. The zero-order valence-electron chi connectivity index (χ0n) is 46.3. The first-order chi connectivity index (χ1) is 38.0. The lowest BCUT2D eigenvalue weighted by molar-refractivity contribution is -0.385. The van der Waals surface area contributed by atoms with Gasteiger partial charge in [-0.3, -0.25) is 19.7 Å². The minimum atomic E-state index is -4.61. The molecule has 1 aromatic heterocycles. The fraction of sp³-hybridized carbons (Fsp3) is 0.426. The van der Waals surface area contributed by atoms with Crippen LogP contribution < -0.4 is 29.9 Å². The summed E-state index contributed by atoms with van der Waals surface area (Å²) in [5, 5.41) is 17.2. The highest BCUT2D eigenvalue weighted by Gasteiger charge is 2.34. The summed E-state index contributed by atoms with van der Waals surface area (Å²) in [7, 11) is 1.64. The van der Waals surface area contributed by atoms with E-state index in [-0.39, 0.29) is 63.7 Å². The van der Waals surface area contributed by atoms with Crippen LogP contribution in [0.1, 0.15) is 89.4 Å². The number of halogens is 8. The predicted molar refractivity (Wildman–Crippen MR) is 308 cm³/mol. The molecule has 6 rings (SSSR count). The highest BCUT2D eigenvalue weighted by molar-refractivity contribution is 6.54. The average molecular weight is 1240 g/mol. The molecule has 0 saturated carbocycles. The van der Waals surface area contributed by atoms with Gasteiger partial charge in [0.1, 0.15) is 35.3 Å². The third-order valence-corrected chi connectivity index (χ3v) is 11.9. The van der Waals surface area contributed by atoms with E-state index in [9.17, 15) is 42.5 Å². The Kier molecular flexibility index (Phi) is 27.4. The Morgan fingerprint density at radius 3 is 2.17 bits per heavy atom. The van der Waals surface area contributed by atoms with Crippen LogP contribution in [0.3, 0.4) is 0 Å². The number of hydrogen-bond donors (Lipinski definition) is 2. The second-order valence-corrected chi connectivity index (χ2v) is 20.5. The van der Waals surface area contributed by atoms with Crippen molar-refractivity contribution in [2.45, 2.75) is 110 Å². The topological polar surface area (TPSA) is 227 Å². The van der Waals surface area contributed by atoms with Gasteiger partial charge in [-0.1, -0.05) is 72.1 Å². The summed E-state index contributed by atoms with van der Waals surface area (Å²) in [4.78, 5) is 72.9. The lowest BCUT2D eigenvalue weighted by Crippen LogP contribution is -2.47. The van der Waals surface area contributed by atoms with E-state index in [1.807, 2.05) is 84.9 Å². The van der Waals surface area contributed by atoms with Crippen LogP contribution in [0.25, 0.3) is 0 Å². The number of benzene rings is 4. The summed E-state index contributed by atoms with van der Waals surface area (Å²) in [5.41, 5.74) is 1.66. The van der Waals surface area contributed by atoms with Crippen molar-refractivity contribution in [2.75, 3.05) is 59.8 Å². The monoisotopic (exact) mass is 1230 g/mol. The van der Waals surface area contributed by atoms with Crippen LogP contribution >= 0.6 is 58.0 Å². The number of nitro benzene ring substituents is 1. The van der Waals surface area contributed by atoms with Gasteiger partial charge < -0.3 is 44.1 Å². The maximum Gasteiger partial charge on any atom is 0.416 e. The summed E-state index contributed by atoms with van der Waals surface area (Å²) < 4.78 is 63.9. The number of nitrogens with zero attached hydrogens (tertiary/aromatic N) is 6. The molecule has 0 saturated heterocycles. The number of alkyl halides is 6. The number of nitrogens with one attached hydrogen (secondary N) is 2. The number of methoxy groups -OCH3 is 1. The van der Waals surface area contributed by atoms with Gasteiger partial charge in [0, 0.05) is 31.3 Å². The van der Waals surface area contributed by atoms with Crippen LogP contribution in [0.4, 0.5) is 42.1 Å². The van der Waals surface area contributed by atoms with E-state index in [2.05, 4.69) is 38.6 Å². The Hall–Kier alpha value is -6.43. The van der Waals surface area contributed by atoms with Gasteiger partial charge in [-0.15, -0.1) is 11.6 Å². The molecule has 5 aromatic rings. The quantitative estimate of drug-likeness (QED) is 0.0382. The molecule has 2 amide bonds. The van der Waals surface area contributed by atoms with Gasteiger partial charge in [-0.25, -0.2) is 9.59 Å². The Labute approximate surface area is 493 Å². The Morgan fingerprint density at radius 1 is 0.938 bits per heavy atom. The molecule has 0 bridgehead atoms. The lowest BCUT2D eigenvalue weighted by atomic mass is 10.0. The number of carbonyl (C=O) groups is 4. The molecule has 19 nitrogen and oxygen atoms in total. The maximum atomic E-state index is 12.8. The molecule has 0 radical (unpaired) electrons. The molecular weight excluding hydrogens is 1170 g/mol. The number of ether oxygens (including phenoxy) is 5. The van der Waals surface area contributed by atoms with E-state index >= 15 is 0 Å². The zero-order valence-corrected chi connectivity index (χ0v) is 50.0. The van der Waals surface area contributed by atoms with E-state index in [0.717, 1.165) is 65.8 Å². The van der Waals surface area contributed by atoms with E-state index < -0.39 is 50.8 Å². The van der Waals surface area contributed by atoms with Crippen molar-refractivity contribution in [3.8, 4) is 17.2 Å². The number of carbonyl (C=O) groups excluding carboxylic acids is 4. The third-order valence-electron chi connectivity index (χ3n) is 10.8. The summed E-state index contributed by atoms with van der Waals surface area (Å²) in [5.74, 6) is -1.12. The molecule has 0 spiro atoms. The number of para-hydroxylation sites is 3. The minimum Gasteiger partial charge on any atom is -0.489 e. The van der Waals surface area contributed by atoms with E-state index in [0.29, 0.717) is 36.9 Å². The minimum absolute atomic E-state index is 0.0223. The van der Waals surface area contributed by atoms with Crippen LogP contribution in [-0.4, -0.2) is 112 Å². The van der Waals surface area contributed by atoms with Gasteiger partial charge in [-0.2, -0.15) is 28.1 Å². The summed E-state index contributed by atoms with van der Waals surface area (Å²) in [6, 6.07) is 18.7. The van der Waals surface area contributed by atoms with E-state index in [1.54, 1.807) is 23.8 Å². The van der Waals surface area contributed by atoms with Gasteiger partial charge in [0.05, 0.1) is 52.2 Å².